The minimum atomic E-state index is -0.405. The molecule has 1 aromatic heterocycles. The van der Waals surface area contributed by atoms with Gasteiger partial charge in [0, 0.05) is 7.05 Å². The van der Waals surface area contributed by atoms with E-state index in [0.717, 1.165) is 11.5 Å². The van der Waals surface area contributed by atoms with Gasteiger partial charge in [-0.3, -0.25) is 4.79 Å². The van der Waals surface area contributed by atoms with E-state index in [1.54, 1.807) is 7.11 Å². The topological polar surface area (TPSA) is 67.5 Å². The Labute approximate surface area is 127 Å². The summed E-state index contributed by atoms with van der Waals surface area (Å²) in [6.45, 7) is 1.02. The van der Waals surface area contributed by atoms with Crippen LogP contribution in [0.25, 0.3) is 0 Å². The molecule has 1 N–H and O–H groups in total. The SMILES string of the molecule is COc1ccc(OCCN(C)c2cn[nH]c(=O)c2Cl)cc1. The second-order valence-corrected chi connectivity index (χ2v) is 4.72. The Hall–Kier alpha value is -2.21. The van der Waals surface area contributed by atoms with Crippen molar-refractivity contribution in [3.63, 3.8) is 0 Å². The highest BCUT2D eigenvalue weighted by Gasteiger charge is 2.09. The number of nitrogens with zero attached hydrogens (tertiary/aromatic N) is 2. The lowest BCUT2D eigenvalue weighted by Crippen LogP contribution is -2.26. The maximum Gasteiger partial charge on any atom is 0.285 e. The van der Waals surface area contributed by atoms with E-state index in [2.05, 4.69) is 10.2 Å². The zero-order valence-corrected chi connectivity index (χ0v) is 12.6. The lowest BCUT2D eigenvalue weighted by atomic mass is 10.3. The van der Waals surface area contributed by atoms with Gasteiger partial charge in [-0.05, 0) is 24.3 Å². The molecule has 1 heterocycles. The van der Waals surface area contributed by atoms with Crippen LogP contribution in [0.3, 0.4) is 0 Å². The van der Waals surface area contributed by atoms with Crippen molar-refractivity contribution in [2.75, 3.05) is 32.2 Å². The van der Waals surface area contributed by atoms with Crippen molar-refractivity contribution in [1.29, 1.82) is 0 Å². The second kappa shape index (κ2) is 6.99. The number of methoxy groups -OCH3 is 1. The van der Waals surface area contributed by atoms with Crippen LogP contribution in [0.4, 0.5) is 5.69 Å². The lowest BCUT2D eigenvalue weighted by molar-refractivity contribution is 0.325. The molecule has 0 fully saturated rings. The Kier molecular flexibility index (Phi) is 5.05. The average Bonchev–Trinajstić information content (AvgIpc) is 2.50. The number of ether oxygens (including phenoxy) is 2. The van der Waals surface area contributed by atoms with Crippen LogP contribution < -0.4 is 19.9 Å². The lowest BCUT2D eigenvalue weighted by Gasteiger charge is -2.19. The fourth-order valence-corrected chi connectivity index (χ4v) is 1.97. The molecule has 7 heteroatoms. The Morgan fingerprint density at radius 2 is 1.95 bits per heavy atom. The van der Waals surface area contributed by atoms with E-state index in [0.29, 0.717) is 18.8 Å². The maximum absolute atomic E-state index is 11.4. The number of nitrogens with one attached hydrogen (secondary N) is 1. The number of likely N-dealkylation sites (N-methyl/N-ethyl adjacent to an activating group) is 1. The third-order valence-corrected chi connectivity index (χ3v) is 3.31. The number of hydrogen-bond donors (Lipinski definition) is 1. The van der Waals surface area contributed by atoms with Crippen LogP contribution in [-0.4, -0.2) is 37.5 Å². The largest absolute Gasteiger partial charge is 0.497 e. The fraction of sp³-hybridized carbons (Fsp3) is 0.286. The van der Waals surface area contributed by atoms with Crippen LogP contribution >= 0.6 is 11.6 Å². The summed E-state index contributed by atoms with van der Waals surface area (Å²) in [6.07, 6.45) is 1.51. The van der Waals surface area contributed by atoms with Crippen molar-refractivity contribution in [3.8, 4) is 11.5 Å². The van der Waals surface area contributed by atoms with E-state index in [1.165, 1.54) is 6.20 Å². The first-order valence-electron chi connectivity index (χ1n) is 6.33. The molecule has 2 rings (SSSR count). The van der Waals surface area contributed by atoms with Gasteiger partial charge in [0.15, 0.2) is 0 Å². The van der Waals surface area contributed by atoms with Gasteiger partial charge in [-0.25, -0.2) is 5.10 Å². The third kappa shape index (κ3) is 3.88. The molecule has 0 saturated carbocycles. The molecule has 112 valence electrons. The highest BCUT2D eigenvalue weighted by Crippen LogP contribution is 2.19. The summed E-state index contributed by atoms with van der Waals surface area (Å²) in [5.41, 5.74) is 0.163. The number of aromatic nitrogens is 2. The van der Waals surface area contributed by atoms with Crippen molar-refractivity contribution in [2.45, 2.75) is 0 Å². The predicted molar refractivity (Wildman–Crippen MR) is 81.6 cm³/mol. The molecule has 0 atom stereocenters. The van der Waals surface area contributed by atoms with Gasteiger partial charge in [-0.15, -0.1) is 0 Å². The molecule has 2 aromatic rings. The average molecular weight is 310 g/mol. The molecule has 0 saturated heterocycles. The van der Waals surface area contributed by atoms with Gasteiger partial charge in [-0.1, -0.05) is 11.6 Å². The number of halogens is 1. The van der Waals surface area contributed by atoms with Crippen molar-refractivity contribution in [2.24, 2.45) is 0 Å². The summed E-state index contributed by atoms with van der Waals surface area (Å²) in [7, 11) is 3.43. The van der Waals surface area contributed by atoms with Gasteiger partial charge in [0.1, 0.15) is 23.1 Å². The molecule has 0 radical (unpaired) electrons. The molecular formula is C14H16ClN3O3. The van der Waals surface area contributed by atoms with E-state index in [-0.39, 0.29) is 5.02 Å². The molecule has 0 aliphatic heterocycles. The van der Waals surface area contributed by atoms with Crippen LogP contribution in [-0.2, 0) is 0 Å². The molecule has 0 bridgehead atoms. The Morgan fingerprint density at radius 3 is 2.62 bits per heavy atom. The summed E-state index contributed by atoms with van der Waals surface area (Å²) in [5.74, 6) is 1.53. The summed E-state index contributed by atoms with van der Waals surface area (Å²) < 4.78 is 10.7. The molecular weight excluding hydrogens is 294 g/mol. The number of aromatic amines is 1. The monoisotopic (exact) mass is 309 g/mol. The first-order chi connectivity index (χ1) is 10.1. The molecule has 0 aliphatic rings. The van der Waals surface area contributed by atoms with Crippen LogP contribution in [0.2, 0.25) is 5.02 Å². The van der Waals surface area contributed by atoms with E-state index >= 15 is 0 Å². The first kappa shape index (κ1) is 15.2. The van der Waals surface area contributed by atoms with Gasteiger partial charge in [0.2, 0.25) is 0 Å². The summed E-state index contributed by atoms with van der Waals surface area (Å²) in [5, 5.41) is 6.14. The second-order valence-electron chi connectivity index (χ2n) is 4.34. The van der Waals surface area contributed by atoms with Crippen LogP contribution in [0, 0.1) is 0 Å². The normalized spacial score (nSPS) is 10.2. The fourth-order valence-electron chi connectivity index (χ4n) is 1.73. The van der Waals surface area contributed by atoms with E-state index in [9.17, 15) is 4.79 Å². The third-order valence-electron chi connectivity index (χ3n) is 2.94. The molecule has 0 spiro atoms. The highest BCUT2D eigenvalue weighted by molar-refractivity contribution is 6.32. The minimum absolute atomic E-state index is 0.122. The van der Waals surface area contributed by atoms with Crippen LogP contribution in [0.15, 0.2) is 35.3 Å². The summed E-state index contributed by atoms with van der Waals surface area (Å²) in [4.78, 5) is 13.2. The number of benzene rings is 1. The van der Waals surface area contributed by atoms with E-state index < -0.39 is 5.56 Å². The van der Waals surface area contributed by atoms with Gasteiger partial charge >= 0.3 is 0 Å². The van der Waals surface area contributed by atoms with Crippen LogP contribution in [0.1, 0.15) is 0 Å². The number of rotatable bonds is 6. The van der Waals surface area contributed by atoms with Gasteiger partial charge in [0.05, 0.1) is 25.5 Å². The van der Waals surface area contributed by atoms with Gasteiger partial charge in [-0.2, -0.15) is 5.10 Å². The number of hydrogen-bond acceptors (Lipinski definition) is 5. The zero-order chi connectivity index (χ0) is 15.2. The summed E-state index contributed by atoms with van der Waals surface area (Å²) in [6, 6.07) is 7.33. The van der Waals surface area contributed by atoms with Crippen LogP contribution in [0.5, 0.6) is 11.5 Å². The standard InChI is InChI=1S/C14H16ClN3O3/c1-18(12-9-16-17-14(19)13(12)15)7-8-21-11-5-3-10(20-2)4-6-11/h3-6,9H,7-8H2,1-2H3,(H,17,19). The number of H-pyrrole nitrogens is 1. The zero-order valence-electron chi connectivity index (χ0n) is 11.8. The highest BCUT2D eigenvalue weighted by atomic mass is 35.5. The minimum Gasteiger partial charge on any atom is -0.497 e. The van der Waals surface area contributed by atoms with Gasteiger partial charge < -0.3 is 14.4 Å². The maximum atomic E-state index is 11.4. The smallest absolute Gasteiger partial charge is 0.285 e. The Balaban J connectivity index is 1.90. The molecule has 1 aromatic carbocycles. The first-order valence-corrected chi connectivity index (χ1v) is 6.71. The quantitative estimate of drug-likeness (QED) is 0.883. The van der Waals surface area contributed by atoms with Crippen molar-refractivity contribution in [1.82, 2.24) is 10.2 Å². The van der Waals surface area contributed by atoms with Crippen molar-refractivity contribution in [3.05, 3.63) is 45.8 Å². The molecule has 0 amide bonds. The molecule has 21 heavy (non-hydrogen) atoms. The predicted octanol–water partition coefficient (Wildman–Crippen LogP) is 1.95. The number of anilines is 1. The summed E-state index contributed by atoms with van der Waals surface area (Å²) >= 11 is 5.94. The Bertz CT molecular complexity index is 643. The van der Waals surface area contributed by atoms with E-state index in [1.807, 2.05) is 36.2 Å². The molecule has 0 aliphatic carbocycles. The molecule has 0 unspecified atom stereocenters. The Morgan fingerprint density at radius 1 is 1.29 bits per heavy atom. The van der Waals surface area contributed by atoms with Gasteiger partial charge in [0.25, 0.3) is 5.56 Å². The van der Waals surface area contributed by atoms with Crippen molar-refractivity contribution >= 4 is 17.3 Å². The van der Waals surface area contributed by atoms with E-state index in [4.69, 9.17) is 21.1 Å². The van der Waals surface area contributed by atoms with Crippen molar-refractivity contribution < 1.29 is 9.47 Å². The molecule has 6 nitrogen and oxygen atoms in total.